The van der Waals surface area contributed by atoms with Gasteiger partial charge in [0.25, 0.3) is 5.91 Å². The molecule has 4 rings (SSSR count). The van der Waals surface area contributed by atoms with Gasteiger partial charge < -0.3 is 14.8 Å². The van der Waals surface area contributed by atoms with E-state index in [1.165, 1.54) is 18.3 Å². The molecule has 1 aliphatic heterocycles. The van der Waals surface area contributed by atoms with Gasteiger partial charge in [0.15, 0.2) is 6.10 Å². The second kappa shape index (κ2) is 7.66. The van der Waals surface area contributed by atoms with E-state index in [9.17, 15) is 9.59 Å². The summed E-state index contributed by atoms with van der Waals surface area (Å²) >= 11 is 7.18. The predicted octanol–water partition coefficient (Wildman–Crippen LogP) is 5.14. The van der Waals surface area contributed by atoms with Crippen molar-refractivity contribution >= 4 is 40.5 Å². The molecule has 0 unspecified atom stereocenters. The van der Waals surface area contributed by atoms with E-state index in [1.54, 1.807) is 30.3 Å². The maximum atomic E-state index is 12.5. The third-order valence-corrected chi connectivity index (χ3v) is 5.73. The topological polar surface area (TPSA) is 64.6 Å². The average molecular weight is 414 g/mol. The number of benzene rings is 2. The minimum absolute atomic E-state index is 0.405. The SMILES string of the molecule is C[C@H](OC(=O)c1cc2c(s1)-c1ccccc1OC2)C(=O)Nc1ccc(Cl)cc1. The molecule has 2 aromatic carbocycles. The van der Waals surface area contributed by atoms with Gasteiger partial charge >= 0.3 is 5.97 Å². The molecule has 5 nitrogen and oxygen atoms in total. The summed E-state index contributed by atoms with van der Waals surface area (Å²) in [7, 11) is 0. The number of carbonyl (C=O) groups excluding carboxylic acids is 2. The van der Waals surface area contributed by atoms with Crippen LogP contribution in [0, 0.1) is 0 Å². The highest BCUT2D eigenvalue weighted by Crippen LogP contribution is 2.42. The van der Waals surface area contributed by atoms with Crippen LogP contribution in [-0.2, 0) is 16.1 Å². The molecule has 1 aliphatic rings. The first-order valence-electron chi connectivity index (χ1n) is 8.63. The van der Waals surface area contributed by atoms with Gasteiger partial charge in [0.2, 0.25) is 0 Å². The minimum Gasteiger partial charge on any atom is -0.488 e. The lowest BCUT2D eigenvalue weighted by Gasteiger charge is -2.16. The van der Waals surface area contributed by atoms with Gasteiger partial charge in [-0.2, -0.15) is 0 Å². The molecule has 0 spiro atoms. The number of hydrogen-bond donors (Lipinski definition) is 1. The zero-order valence-electron chi connectivity index (χ0n) is 14.9. The molecule has 0 aliphatic carbocycles. The van der Waals surface area contributed by atoms with Crippen molar-refractivity contribution in [2.24, 2.45) is 0 Å². The van der Waals surface area contributed by atoms with E-state index in [0.717, 1.165) is 21.8 Å². The van der Waals surface area contributed by atoms with Crippen molar-refractivity contribution in [3.05, 3.63) is 70.1 Å². The molecule has 1 amide bonds. The maximum Gasteiger partial charge on any atom is 0.349 e. The zero-order valence-corrected chi connectivity index (χ0v) is 16.5. The number of fused-ring (bicyclic) bond motifs is 3. The lowest BCUT2D eigenvalue weighted by atomic mass is 10.1. The van der Waals surface area contributed by atoms with Gasteiger partial charge in [-0.3, -0.25) is 4.79 Å². The summed E-state index contributed by atoms with van der Waals surface area (Å²) in [6.07, 6.45) is -0.939. The molecule has 0 saturated heterocycles. The summed E-state index contributed by atoms with van der Waals surface area (Å²) in [6, 6.07) is 16.2. The molecule has 0 saturated carbocycles. The fraction of sp³-hybridized carbons (Fsp3) is 0.143. The number of para-hydroxylation sites is 1. The van der Waals surface area contributed by atoms with Crippen molar-refractivity contribution in [2.75, 3.05) is 5.32 Å². The van der Waals surface area contributed by atoms with Crippen molar-refractivity contribution < 1.29 is 19.1 Å². The molecule has 2 heterocycles. The standard InChI is InChI=1S/C21H16ClNO4S/c1-12(20(24)23-15-8-6-14(22)7-9-15)27-21(25)18-10-13-11-26-17-5-3-2-4-16(17)19(13)28-18/h2-10,12H,11H2,1H3,(H,23,24)/t12-/m0/s1. The van der Waals surface area contributed by atoms with Gasteiger partial charge in [0.05, 0.1) is 0 Å². The number of nitrogens with one attached hydrogen (secondary N) is 1. The number of hydrogen-bond acceptors (Lipinski definition) is 5. The monoisotopic (exact) mass is 413 g/mol. The molecule has 28 heavy (non-hydrogen) atoms. The Morgan fingerprint density at radius 1 is 1.18 bits per heavy atom. The number of ether oxygens (including phenoxy) is 2. The number of rotatable bonds is 4. The summed E-state index contributed by atoms with van der Waals surface area (Å²) in [5.41, 5.74) is 2.48. The van der Waals surface area contributed by atoms with E-state index in [1.807, 2.05) is 24.3 Å². The highest BCUT2D eigenvalue weighted by molar-refractivity contribution is 7.17. The summed E-state index contributed by atoms with van der Waals surface area (Å²) in [5, 5.41) is 3.27. The van der Waals surface area contributed by atoms with Crippen LogP contribution >= 0.6 is 22.9 Å². The van der Waals surface area contributed by atoms with Gasteiger partial charge in [-0.15, -0.1) is 11.3 Å². The van der Waals surface area contributed by atoms with Crippen LogP contribution in [0.2, 0.25) is 5.02 Å². The Balaban J connectivity index is 1.45. The lowest BCUT2D eigenvalue weighted by Crippen LogP contribution is -2.29. The molecule has 0 fully saturated rings. The van der Waals surface area contributed by atoms with E-state index in [4.69, 9.17) is 21.1 Å². The normalized spacial score (nSPS) is 12.9. The number of carbonyl (C=O) groups is 2. The molecular formula is C21H16ClNO4S. The van der Waals surface area contributed by atoms with Crippen LogP contribution in [0.3, 0.4) is 0 Å². The molecule has 1 aromatic heterocycles. The fourth-order valence-corrected chi connectivity index (χ4v) is 4.06. The van der Waals surface area contributed by atoms with Crippen LogP contribution in [0.4, 0.5) is 5.69 Å². The molecule has 0 bridgehead atoms. The number of halogens is 1. The van der Waals surface area contributed by atoms with Crippen molar-refractivity contribution in [3.8, 4) is 16.2 Å². The third-order valence-electron chi connectivity index (χ3n) is 4.29. The first kappa shape index (κ1) is 18.5. The quantitative estimate of drug-likeness (QED) is 0.601. The van der Waals surface area contributed by atoms with Gasteiger partial charge in [-0.05, 0) is 49.4 Å². The fourth-order valence-electron chi connectivity index (χ4n) is 2.85. The van der Waals surface area contributed by atoms with E-state index >= 15 is 0 Å². The van der Waals surface area contributed by atoms with Crippen LogP contribution in [0.1, 0.15) is 22.2 Å². The second-order valence-corrected chi connectivity index (χ2v) is 7.78. The largest absolute Gasteiger partial charge is 0.488 e. The molecule has 1 atom stereocenters. The number of anilines is 1. The van der Waals surface area contributed by atoms with E-state index in [0.29, 0.717) is 22.2 Å². The highest BCUT2D eigenvalue weighted by Gasteiger charge is 2.25. The van der Waals surface area contributed by atoms with E-state index in [-0.39, 0.29) is 0 Å². The highest BCUT2D eigenvalue weighted by atomic mass is 35.5. The Labute approximate surface area is 170 Å². The zero-order chi connectivity index (χ0) is 19.7. The first-order chi connectivity index (χ1) is 13.5. The number of amides is 1. The Hall–Kier alpha value is -2.83. The molecule has 3 aromatic rings. The van der Waals surface area contributed by atoms with Crippen LogP contribution in [0.15, 0.2) is 54.6 Å². The maximum absolute atomic E-state index is 12.5. The first-order valence-corrected chi connectivity index (χ1v) is 9.83. The summed E-state index contributed by atoms with van der Waals surface area (Å²) in [4.78, 5) is 26.3. The molecule has 0 radical (unpaired) electrons. The minimum atomic E-state index is -0.939. The van der Waals surface area contributed by atoms with Crippen LogP contribution in [0.25, 0.3) is 10.4 Å². The summed E-state index contributed by atoms with van der Waals surface area (Å²) in [5.74, 6) is -0.145. The Morgan fingerprint density at radius 2 is 1.93 bits per heavy atom. The Bertz CT molecular complexity index is 1040. The van der Waals surface area contributed by atoms with Crippen LogP contribution in [0.5, 0.6) is 5.75 Å². The Morgan fingerprint density at radius 3 is 2.71 bits per heavy atom. The lowest BCUT2D eigenvalue weighted by molar-refractivity contribution is -0.123. The second-order valence-electron chi connectivity index (χ2n) is 6.29. The van der Waals surface area contributed by atoms with E-state index in [2.05, 4.69) is 5.32 Å². The van der Waals surface area contributed by atoms with Crippen molar-refractivity contribution in [3.63, 3.8) is 0 Å². The van der Waals surface area contributed by atoms with Gasteiger partial charge in [0, 0.05) is 26.7 Å². The smallest absolute Gasteiger partial charge is 0.349 e. The molecule has 7 heteroatoms. The summed E-state index contributed by atoms with van der Waals surface area (Å²) in [6.45, 7) is 1.94. The predicted molar refractivity (Wildman–Crippen MR) is 109 cm³/mol. The van der Waals surface area contributed by atoms with Gasteiger partial charge in [-0.25, -0.2) is 4.79 Å². The van der Waals surface area contributed by atoms with Gasteiger partial charge in [-0.1, -0.05) is 23.7 Å². The summed E-state index contributed by atoms with van der Waals surface area (Å²) < 4.78 is 11.1. The molecule has 142 valence electrons. The van der Waals surface area contributed by atoms with Crippen LogP contribution in [-0.4, -0.2) is 18.0 Å². The van der Waals surface area contributed by atoms with E-state index < -0.39 is 18.0 Å². The van der Waals surface area contributed by atoms with Crippen LogP contribution < -0.4 is 10.1 Å². The molecule has 1 N–H and O–H groups in total. The van der Waals surface area contributed by atoms with Crippen molar-refractivity contribution in [1.29, 1.82) is 0 Å². The third kappa shape index (κ3) is 3.74. The van der Waals surface area contributed by atoms with Gasteiger partial charge in [0.1, 0.15) is 17.2 Å². The number of esters is 1. The average Bonchev–Trinajstić information content (AvgIpc) is 3.14. The number of thiophene rings is 1. The van der Waals surface area contributed by atoms with Crippen molar-refractivity contribution in [1.82, 2.24) is 0 Å². The molecular weight excluding hydrogens is 398 g/mol. The van der Waals surface area contributed by atoms with Crippen molar-refractivity contribution in [2.45, 2.75) is 19.6 Å². The Kier molecular flexibility index (Phi) is 5.07.